The molecule has 0 aliphatic carbocycles. The first-order valence-corrected chi connectivity index (χ1v) is 13.9. The van der Waals surface area contributed by atoms with Crippen LogP contribution in [0, 0.1) is 31.3 Å². The fraction of sp³-hybridized carbons (Fsp3) is 0.175. The molecule has 0 fully saturated rings. The monoisotopic (exact) mass is 760 g/mol. The average molecular weight is 760 g/mol. The summed E-state index contributed by atoms with van der Waals surface area (Å²) in [6, 6.07) is 36.9. The van der Waals surface area contributed by atoms with Crippen LogP contribution in [0.3, 0.4) is 0 Å². The summed E-state index contributed by atoms with van der Waals surface area (Å²) in [5, 5.41) is 0. The van der Waals surface area contributed by atoms with Crippen LogP contribution in [-0.2, 0) is 26.5 Å². The summed E-state index contributed by atoms with van der Waals surface area (Å²) in [6.07, 6.45) is 3.28. The Morgan fingerprint density at radius 1 is 0.682 bits per heavy atom. The minimum Gasteiger partial charge on any atom is -0.305 e. The van der Waals surface area contributed by atoms with E-state index in [0.717, 1.165) is 28.1 Å². The normalized spacial score (nSPS) is 14.3. The Morgan fingerprint density at radius 3 is 2.18 bits per heavy atom. The van der Waals surface area contributed by atoms with Crippen LogP contribution in [0.5, 0.6) is 0 Å². The molecule has 4 heteroatoms. The molecule has 3 nitrogen and oxygen atoms in total. The van der Waals surface area contributed by atoms with Crippen molar-refractivity contribution in [3.8, 4) is 44.9 Å². The van der Waals surface area contributed by atoms with Gasteiger partial charge in [0.25, 0.3) is 0 Å². The van der Waals surface area contributed by atoms with Crippen molar-refractivity contribution in [3.63, 3.8) is 0 Å². The van der Waals surface area contributed by atoms with Crippen molar-refractivity contribution in [3.05, 3.63) is 151 Å². The van der Waals surface area contributed by atoms with Gasteiger partial charge in [-0.2, -0.15) is 0 Å². The minimum absolute atomic E-state index is 0. The van der Waals surface area contributed by atoms with Crippen LogP contribution in [0.4, 0.5) is 0 Å². The quantitative estimate of drug-likeness (QED) is 0.164. The first-order chi connectivity index (χ1) is 23.9. The largest absolute Gasteiger partial charge is 0.305 e. The van der Waals surface area contributed by atoms with Crippen molar-refractivity contribution in [2.75, 3.05) is 0 Å². The molecule has 3 aromatic carbocycles. The van der Waals surface area contributed by atoms with Gasteiger partial charge < -0.3 is 9.97 Å². The van der Waals surface area contributed by atoms with Crippen LogP contribution in [0.1, 0.15) is 48.4 Å². The topological polar surface area (TPSA) is 38.7 Å². The molecule has 0 aliphatic heterocycles. The molecular weight excluding hydrogens is 715 g/mol. The number of rotatable bonds is 5. The summed E-state index contributed by atoms with van der Waals surface area (Å²) in [4.78, 5) is 13.1. The van der Waals surface area contributed by atoms with Gasteiger partial charge in [-0.15, -0.1) is 71.3 Å². The summed E-state index contributed by atoms with van der Waals surface area (Å²) < 4.78 is 62.1. The second kappa shape index (κ2) is 15.0. The van der Waals surface area contributed by atoms with E-state index in [4.69, 9.17) is 11.0 Å². The molecule has 6 rings (SSSR count). The van der Waals surface area contributed by atoms with Crippen LogP contribution in [-0.4, -0.2) is 15.0 Å². The van der Waals surface area contributed by atoms with Gasteiger partial charge in [0.15, 0.2) is 0 Å². The SMILES string of the molecule is [2H]C([2H])([2H])c1ccc(-c2[c-]ccc(-c3ccccc3C([2H])([2H])[2H])c2)nc1.[2H]C([2H])(c1ccc(-c2ccnc(-c3[c-]cccc3)c2)nc1)C(C)(C)C.[Ir]. The number of hydrogen-bond acceptors (Lipinski definition) is 3. The van der Waals surface area contributed by atoms with Gasteiger partial charge in [-0.25, -0.2) is 0 Å². The van der Waals surface area contributed by atoms with Crippen LogP contribution >= 0.6 is 0 Å². The van der Waals surface area contributed by atoms with Crippen molar-refractivity contribution < 1.29 is 31.1 Å². The van der Waals surface area contributed by atoms with E-state index in [2.05, 4.69) is 27.1 Å². The number of pyridine rings is 3. The summed E-state index contributed by atoms with van der Waals surface area (Å²) in [6.45, 7) is 1.27. The fourth-order valence-electron chi connectivity index (χ4n) is 4.43. The number of benzene rings is 3. The molecule has 1 radical (unpaired) electrons. The summed E-state index contributed by atoms with van der Waals surface area (Å²) in [7, 11) is 0. The Bertz CT molecular complexity index is 2070. The Hall–Kier alpha value is -4.24. The van der Waals surface area contributed by atoms with Gasteiger partial charge in [0.1, 0.15) is 0 Å². The number of aryl methyl sites for hydroxylation is 2. The van der Waals surface area contributed by atoms with Gasteiger partial charge in [0.2, 0.25) is 0 Å². The number of aromatic nitrogens is 3. The zero-order chi connectivity index (χ0) is 37.0. The van der Waals surface area contributed by atoms with Crippen molar-refractivity contribution in [2.45, 2.75) is 40.8 Å². The average Bonchev–Trinajstić information content (AvgIpc) is 3.11. The summed E-state index contributed by atoms with van der Waals surface area (Å²) in [5.41, 5.74) is 6.68. The van der Waals surface area contributed by atoms with E-state index in [1.165, 1.54) is 12.3 Å². The van der Waals surface area contributed by atoms with Gasteiger partial charge in [0.05, 0.1) is 5.69 Å². The van der Waals surface area contributed by atoms with Gasteiger partial charge in [-0.1, -0.05) is 69.3 Å². The maximum atomic E-state index is 8.35. The molecule has 0 N–H and O–H groups in total. The molecule has 0 unspecified atom stereocenters. The Labute approximate surface area is 287 Å². The van der Waals surface area contributed by atoms with Gasteiger partial charge >= 0.3 is 0 Å². The zero-order valence-electron chi connectivity index (χ0n) is 32.7. The maximum absolute atomic E-state index is 8.35. The van der Waals surface area contributed by atoms with E-state index < -0.39 is 25.5 Å². The molecule has 223 valence electrons. The summed E-state index contributed by atoms with van der Waals surface area (Å²) in [5.74, 6) is 0. The fourth-order valence-corrected chi connectivity index (χ4v) is 4.43. The van der Waals surface area contributed by atoms with Crippen LogP contribution in [0.25, 0.3) is 44.9 Å². The van der Waals surface area contributed by atoms with Gasteiger partial charge in [-0.3, -0.25) is 4.98 Å². The Balaban J connectivity index is 0.000000228. The van der Waals surface area contributed by atoms with Crippen LogP contribution < -0.4 is 0 Å². The van der Waals surface area contributed by atoms with E-state index in [9.17, 15) is 0 Å². The molecule has 0 aliphatic rings. The first kappa shape index (κ1) is 23.2. The van der Waals surface area contributed by atoms with Crippen LogP contribution in [0.2, 0.25) is 0 Å². The number of nitrogens with zero attached hydrogens (tertiary/aromatic N) is 3. The maximum Gasteiger partial charge on any atom is 0.0695 e. The van der Waals surface area contributed by atoms with E-state index in [-0.39, 0.29) is 31.2 Å². The van der Waals surface area contributed by atoms with Crippen molar-refractivity contribution >= 4 is 0 Å². The summed E-state index contributed by atoms with van der Waals surface area (Å²) >= 11 is 0. The first-order valence-electron chi connectivity index (χ1n) is 17.9. The molecule has 0 saturated heterocycles. The number of hydrogen-bond donors (Lipinski definition) is 0. The van der Waals surface area contributed by atoms with Gasteiger partial charge in [-0.05, 0) is 76.8 Å². The molecule has 0 bridgehead atoms. The standard InChI is InChI=1S/C21H21N2.C19H16N.Ir/c1-21(2,3)14-16-9-10-19(23-15-16)18-11-12-22-20(13-18)17-7-5-4-6-8-17;1-14-10-11-19(20-13-14)17-8-5-7-16(12-17)18-9-4-3-6-15(18)2;/h4-7,9-13,15H,14H2,1-3H3;3-7,9-13H,1-2H3;/q2*-1;/i14D2;1D3,2D3;. The molecule has 0 saturated carbocycles. The zero-order valence-corrected chi connectivity index (χ0v) is 27.1. The molecule has 0 spiro atoms. The Morgan fingerprint density at radius 2 is 1.48 bits per heavy atom. The predicted octanol–water partition coefficient (Wildman–Crippen LogP) is 10.0. The van der Waals surface area contributed by atoms with Crippen molar-refractivity contribution in [1.82, 2.24) is 15.0 Å². The predicted molar refractivity (Wildman–Crippen MR) is 178 cm³/mol. The Kier molecular flexibility index (Phi) is 7.89. The second-order valence-corrected chi connectivity index (χ2v) is 11.0. The van der Waals surface area contributed by atoms with E-state index in [1.807, 2.05) is 75.4 Å². The van der Waals surface area contributed by atoms with E-state index in [1.54, 1.807) is 54.9 Å². The molecule has 3 heterocycles. The molecule has 44 heavy (non-hydrogen) atoms. The minimum atomic E-state index is -2.21. The molecule has 6 aromatic rings. The van der Waals surface area contributed by atoms with Gasteiger partial charge in [0, 0.05) is 49.7 Å². The smallest absolute Gasteiger partial charge is 0.0695 e. The third-order valence-electron chi connectivity index (χ3n) is 6.40. The molecule has 3 aromatic heterocycles. The van der Waals surface area contributed by atoms with Crippen LogP contribution in [0.15, 0.2) is 122 Å². The third-order valence-corrected chi connectivity index (χ3v) is 6.40. The molecule has 0 atom stereocenters. The molecular formula is C40H37IrN3-2. The van der Waals surface area contributed by atoms with Crippen molar-refractivity contribution in [1.29, 1.82) is 0 Å². The van der Waals surface area contributed by atoms with E-state index >= 15 is 0 Å². The third kappa shape index (κ3) is 8.89. The van der Waals surface area contributed by atoms with Crippen molar-refractivity contribution in [2.24, 2.45) is 5.41 Å². The second-order valence-electron chi connectivity index (χ2n) is 11.0. The van der Waals surface area contributed by atoms with E-state index in [0.29, 0.717) is 22.4 Å². The molecule has 0 amide bonds.